The van der Waals surface area contributed by atoms with Crippen LogP contribution in [0.5, 0.6) is 0 Å². The molecule has 2 aliphatic rings. The van der Waals surface area contributed by atoms with Gasteiger partial charge in [-0.1, -0.05) is 13.8 Å². The molecule has 0 bridgehead atoms. The molecule has 0 aromatic carbocycles. The molecule has 2 saturated heterocycles. The van der Waals surface area contributed by atoms with E-state index in [9.17, 15) is 9.59 Å². The molecular weight excluding hydrogens is 254 g/mol. The Balaban J connectivity index is 2.03. The van der Waals surface area contributed by atoms with Crippen LogP contribution in [-0.4, -0.2) is 53.8 Å². The lowest BCUT2D eigenvalue weighted by atomic mass is 9.81. The van der Waals surface area contributed by atoms with E-state index in [-0.39, 0.29) is 17.9 Å². The fourth-order valence-electron chi connectivity index (χ4n) is 3.57. The number of likely N-dealkylation sites (tertiary alicyclic amines) is 2. The molecule has 2 aliphatic heterocycles. The van der Waals surface area contributed by atoms with Gasteiger partial charge < -0.3 is 10.6 Å². The molecule has 0 aromatic heterocycles. The molecule has 0 atom stereocenters. The number of rotatable bonds is 5. The van der Waals surface area contributed by atoms with Crippen LogP contribution in [0.2, 0.25) is 0 Å². The maximum Gasteiger partial charge on any atom is 0.236 e. The van der Waals surface area contributed by atoms with Crippen LogP contribution in [0.3, 0.4) is 0 Å². The second-order valence-electron chi connectivity index (χ2n) is 6.09. The Bertz CT molecular complexity index is 371. The van der Waals surface area contributed by atoms with Gasteiger partial charge in [0, 0.05) is 38.6 Å². The van der Waals surface area contributed by atoms with Crippen molar-refractivity contribution in [2.45, 2.75) is 52.0 Å². The second-order valence-corrected chi connectivity index (χ2v) is 6.09. The van der Waals surface area contributed by atoms with Gasteiger partial charge in [0.15, 0.2) is 0 Å². The van der Waals surface area contributed by atoms with E-state index < -0.39 is 5.41 Å². The van der Waals surface area contributed by atoms with Crippen molar-refractivity contribution in [2.24, 2.45) is 11.1 Å². The van der Waals surface area contributed by atoms with Gasteiger partial charge in [-0.2, -0.15) is 0 Å². The van der Waals surface area contributed by atoms with Gasteiger partial charge in [0.25, 0.3) is 0 Å². The van der Waals surface area contributed by atoms with Gasteiger partial charge in [-0.3, -0.25) is 14.5 Å². The number of imide groups is 1. The van der Waals surface area contributed by atoms with E-state index in [2.05, 4.69) is 4.90 Å². The minimum absolute atomic E-state index is 0.0379. The highest BCUT2D eigenvalue weighted by Gasteiger charge is 2.51. The van der Waals surface area contributed by atoms with Crippen molar-refractivity contribution >= 4 is 11.8 Å². The fourth-order valence-corrected chi connectivity index (χ4v) is 3.57. The summed E-state index contributed by atoms with van der Waals surface area (Å²) in [6.45, 7) is 7.47. The Hall–Kier alpha value is -0.940. The van der Waals surface area contributed by atoms with Crippen LogP contribution < -0.4 is 5.73 Å². The van der Waals surface area contributed by atoms with E-state index in [1.165, 1.54) is 0 Å². The highest BCUT2D eigenvalue weighted by molar-refractivity contribution is 6.06. The number of hydrogen-bond acceptors (Lipinski definition) is 4. The second kappa shape index (κ2) is 6.22. The Labute approximate surface area is 121 Å². The van der Waals surface area contributed by atoms with Crippen LogP contribution >= 0.6 is 0 Å². The summed E-state index contributed by atoms with van der Waals surface area (Å²) in [4.78, 5) is 28.9. The van der Waals surface area contributed by atoms with E-state index in [1.54, 1.807) is 4.90 Å². The lowest BCUT2D eigenvalue weighted by Gasteiger charge is -2.36. The molecule has 2 heterocycles. The standard InChI is InChI=1S/C15H27N3O2/c1-3-15(4-2)11-13(19)18(14(15)20)12-5-8-17(9-6-12)10-7-16/h12H,3-11,16H2,1-2H3. The van der Waals surface area contributed by atoms with Crippen molar-refractivity contribution in [3.8, 4) is 0 Å². The number of carbonyl (C=O) groups excluding carboxylic acids is 2. The summed E-state index contributed by atoms with van der Waals surface area (Å²) in [7, 11) is 0. The van der Waals surface area contributed by atoms with Crippen LogP contribution in [-0.2, 0) is 9.59 Å². The summed E-state index contributed by atoms with van der Waals surface area (Å²) in [5, 5.41) is 0. The van der Waals surface area contributed by atoms with Gasteiger partial charge in [0.1, 0.15) is 0 Å². The third-order valence-electron chi connectivity index (χ3n) is 5.15. The average molecular weight is 281 g/mol. The Morgan fingerprint density at radius 1 is 1.20 bits per heavy atom. The number of hydrogen-bond donors (Lipinski definition) is 1. The molecule has 2 rings (SSSR count). The van der Waals surface area contributed by atoms with Gasteiger partial charge in [0.2, 0.25) is 11.8 Å². The van der Waals surface area contributed by atoms with Crippen molar-refractivity contribution in [1.29, 1.82) is 0 Å². The molecule has 2 amide bonds. The molecule has 0 aliphatic carbocycles. The van der Waals surface area contributed by atoms with Crippen LogP contribution in [0.1, 0.15) is 46.0 Å². The molecule has 0 unspecified atom stereocenters. The highest BCUT2D eigenvalue weighted by atomic mass is 16.2. The zero-order chi connectivity index (χ0) is 14.8. The minimum atomic E-state index is -0.425. The summed E-state index contributed by atoms with van der Waals surface area (Å²) in [5.74, 6) is 0.112. The number of amides is 2. The number of nitrogens with two attached hydrogens (primary N) is 1. The predicted octanol–water partition coefficient (Wildman–Crippen LogP) is 0.975. The van der Waals surface area contributed by atoms with Gasteiger partial charge in [0.05, 0.1) is 5.41 Å². The Kier molecular flexibility index (Phi) is 4.81. The molecule has 0 saturated carbocycles. The van der Waals surface area contributed by atoms with Crippen molar-refractivity contribution in [1.82, 2.24) is 9.80 Å². The SMILES string of the molecule is CCC1(CC)CC(=O)N(C2CCN(CCN)CC2)C1=O. The van der Waals surface area contributed by atoms with Crippen LogP contribution in [0.25, 0.3) is 0 Å². The van der Waals surface area contributed by atoms with E-state index in [4.69, 9.17) is 5.73 Å². The minimum Gasteiger partial charge on any atom is -0.329 e. The van der Waals surface area contributed by atoms with E-state index in [0.717, 1.165) is 45.3 Å². The third kappa shape index (κ3) is 2.61. The molecule has 0 spiro atoms. The van der Waals surface area contributed by atoms with Gasteiger partial charge >= 0.3 is 0 Å². The number of nitrogens with zero attached hydrogens (tertiary/aromatic N) is 2. The molecule has 0 radical (unpaired) electrons. The quantitative estimate of drug-likeness (QED) is 0.763. The van der Waals surface area contributed by atoms with Crippen molar-refractivity contribution in [3.63, 3.8) is 0 Å². The fraction of sp³-hybridized carbons (Fsp3) is 0.867. The van der Waals surface area contributed by atoms with Crippen LogP contribution in [0.4, 0.5) is 0 Å². The first kappa shape index (κ1) is 15.4. The lowest BCUT2D eigenvalue weighted by molar-refractivity contribution is -0.145. The van der Waals surface area contributed by atoms with E-state index in [1.807, 2.05) is 13.8 Å². The normalized spacial score (nSPS) is 24.6. The molecule has 20 heavy (non-hydrogen) atoms. The first-order valence-corrected chi connectivity index (χ1v) is 7.87. The molecule has 5 heteroatoms. The zero-order valence-corrected chi connectivity index (χ0v) is 12.7. The molecule has 5 nitrogen and oxygen atoms in total. The van der Waals surface area contributed by atoms with Crippen molar-refractivity contribution in [2.75, 3.05) is 26.2 Å². The maximum atomic E-state index is 12.7. The highest BCUT2D eigenvalue weighted by Crippen LogP contribution is 2.41. The Morgan fingerprint density at radius 3 is 2.25 bits per heavy atom. The summed E-state index contributed by atoms with van der Waals surface area (Å²) in [6, 6.07) is 0.101. The largest absolute Gasteiger partial charge is 0.329 e. The monoisotopic (exact) mass is 281 g/mol. The van der Waals surface area contributed by atoms with Crippen LogP contribution in [0, 0.1) is 5.41 Å². The maximum absolute atomic E-state index is 12.7. The molecule has 2 N–H and O–H groups in total. The summed E-state index contributed by atoms with van der Waals surface area (Å²) in [6.07, 6.45) is 3.71. The van der Waals surface area contributed by atoms with Crippen LogP contribution in [0.15, 0.2) is 0 Å². The molecule has 2 fully saturated rings. The van der Waals surface area contributed by atoms with Crippen molar-refractivity contribution in [3.05, 3.63) is 0 Å². The average Bonchev–Trinajstić information content (AvgIpc) is 2.72. The van der Waals surface area contributed by atoms with E-state index in [0.29, 0.717) is 13.0 Å². The predicted molar refractivity (Wildman–Crippen MR) is 78.0 cm³/mol. The lowest BCUT2D eigenvalue weighted by Crippen LogP contribution is -2.49. The molecule has 0 aromatic rings. The molecular formula is C15H27N3O2. The zero-order valence-electron chi connectivity index (χ0n) is 12.7. The topological polar surface area (TPSA) is 66.6 Å². The van der Waals surface area contributed by atoms with Gasteiger partial charge in [-0.05, 0) is 25.7 Å². The van der Waals surface area contributed by atoms with Gasteiger partial charge in [-0.15, -0.1) is 0 Å². The summed E-state index contributed by atoms with van der Waals surface area (Å²) < 4.78 is 0. The Morgan fingerprint density at radius 2 is 1.80 bits per heavy atom. The molecule has 114 valence electrons. The first-order chi connectivity index (χ1) is 9.57. The third-order valence-corrected chi connectivity index (χ3v) is 5.15. The summed E-state index contributed by atoms with van der Waals surface area (Å²) in [5.41, 5.74) is 5.15. The smallest absolute Gasteiger partial charge is 0.236 e. The number of carbonyl (C=O) groups is 2. The number of piperidine rings is 1. The van der Waals surface area contributed by atoms with Gasteiger partial charge in [-0.25, -0.2) is 0 Å². The summed E-state index contributed by atoms with van der Waals surface area (Å²) >= 11 is 0. The van der Waals surface area contributed by atoms with Crippen molar-refractivity contribution < 1.29 is 9.59 Å². The first-order valence-electron chi connectivity index (χ1n) is 7.87. The van der Waals surface area contributed by atoms with E-state index >= 15 is 0 Å².